The normalized spacial score (nSPS) is 10.4. The van der Waals surface area contributed by atoms with Crippen molar-refractivity contribution in [1.82, 2.24) is 4.98 Å². The van der Waals surface area contributed by atoms with Gasteiger partial charge in [-0.1, -0.05) is 29.0 Å². The average molecular weight is 246 g/mol. The lowest BCUT2D eigenvalue weighted by Gasteiger charge is -1.99. The average Bonchev–Trinajstić information content (AvgIpc) is 2.77. The summed E-state index contributed by atoms with van der Waals surface area (Å²) in [5.41, 5.74) is 0. The highest BCUT2D eigenvalue weighted by atomic mass is 35.5. The van der Waals surface area contributed by atoms with Gasteiger partial charge in [-0.05, 0) is 11.4 Å². The molecule has 0 saturated heterocycles. The third kappa shape index (κ3) is 2.70. The van der Waals surface area contributed by atoms with Gasteiger partial charge in [0.2, 0.25) is 0 Å². The number of aromatic nitrogens is 1. The van der Waals surface area contributed by atoms with Gasteiger partial charge in [-0.15, -0.1) is 11.3 Å². The van der Waals surface area contributed by atoms with Gasteiger partial charge in [0.05, 0.1) is 6.61 Å². The van der Waals surface area contributed by atoms with Crippen molar-refractivity contribution in [2.24, 2.45) is 0 Å². The number of thiophene rings is 1. The molecular formula is C9H8ClNOS2. The molecule has 2 nitrogen and oxygen atoms in total. The molecule has 0 aliphatic heterocycles. The Morgan fingerprint density at radius 2 is 2.36 bits per heavy atom. The van der Waals surface area contributed by atoms with E-state index in [4.69, 9.17) is 16.3 Å². The third-order valence-corrected chi connectivity index (χ3v) is 3.62. The van der Waals surface area contributed by atoms with Gasteiger partial charge in [0.25, 0.3) is 5.19 Å². The molecule has 0 radical (unpaired) electrons. The number of rotatable bonds is 4. The molecule has 2 rings (SSSR count). The minimum atomic E-state index is 0.501. The summed E-state index contributed by atoms with van der Waals surface area (Å²) in [5, 5.41) is 4.98. The van der Waals surface area contributed by atoms with Crippen LogP contribution in [0, 0.1) is 0 Å². The van der Waals surface area contributed by atoms with Gasteiger partial charge in [0.1, 0.15) is 5.15 Å². The van der Waals surface area contributed by atoms with Crippen molar-refractivity contribution in [3.05, 3.63) is 32.9 Å². The molecule has 0 amide bonds. The van der Waals surface area contributed by atoms with E-state index in [1.807, 2.05) is 6.07 Å². The van der Waals surface area contributed by atoms with Crippen LogP contribution in [0.4, 0.5) is 0 Å². The lowest BCUT2D eigenvalue weighted by molar-refractivity contribution is 0.321. The Morgan fingerprint density at radius 3 is 3.00 bits per heavy atom. The van der Waals surface area contributed by atoms with Crippen molar-refractivity contribution >= 4 is 34.3 Å². The summed E-state index contributed by atoms with van der Waals surface area (Å²) in [5.74, 6) is 0. The molecule has 0 spiro atoms. The second-order valence-corrected chi connectivity index (χ2v) is 4.85. The van der Waals surface area contributed by atoms with E-state index in [-0.39, 0.29) is 0 Å². The first-order chi connectivity index (χ1) is 6.84. The third-order valence-electron chi connectivity index (χ3n) is 1.61. The van der Waals surface area contributed by atoms with E-state index in [0.29, 0.717) is 17.0 Å². The van der Waals surface area contributed by atoms with Crippen molar-refractivity contribution < 1.29 is 4.74 Å². The van der Waals surface area contributed by atoms with E-state index >= 15 is 0 Å². The molecule has 5 heteroatoms. The molecule has 2 aromatic heterocycles. The van der Waals surface area contributed by atoms with Crippen LogP contribution in [0.5, 0.6) is 5.19 Å². The maximum Gasteiger partial charge on any atom is 0.274 e. The largest absolute Gasteiger partial charge is 0.470 e. The van der Waals surface area contributed by atoms with Gasteiger partial charge in [-0.2, -0.15) is 4.98 Å². The molecule has 0 unspecified atom stereocenters. The van der Waals surface area contributed by atoms with E-state index in [1.165, 1.54) is 16.2 Å². The highest BCUT2D eigenvalue weighted by molar-refractivity contribution is 7.11. The van der Waals surface area contributed by atoms with E-state index < -0.39 is 0 Å². The Hall–Kier alpha value is -0.580. The second-order valence-electron chi connectivity index (χ2n) is 2.61. The highest BCUT2D eigenvalue weighted by Crippen LogP contribution is 2.21. The fraction of sp³-hybridized carbons (Fsp3) is 0.222. The number of nitrogens with zero attached hydrogens (tertiary/aromatic N) is 1. The lowest BCUT2D eigenvalue weighted by Crippen LogP contribution is -1.99. The number of halogens is 1. The van der Waals surface area contributed by atoms with Crippen LogP contribution >= 0.6 is 34.3 Å². The number of thiazole rings is 1. The molecule has 0 aliphatic rings. The van der Waals surface area contributed by atoms with Crippen LogP contribution in [0.1, 0.15) is 4.88 Å². The second kappa shape index (κ2) is 4.77. The number of hydrogen-bond donors (Lipinski definition) is 0. The fourth-order valence-corrected chi connectivity index (χ4v) is 2.50. The predicted octanol–water partition coefficient (Wildman–Crippen LogP) is 3.48. The van der Waals surface area contributed by atoms with Gasteiger partial charge < -0.3 is 4.74 Å². The van der Waals surface area contributed by atoms with Crippen LogP contribution in [-0.4, -0.2) is 11.6 Å². The first-order valence-corrected chi connectivity index (χ1v) is 6.24. The zero-order chi connectivity index (χ0) is 9.80. The maximum atomic E-state index is 5.66. The number of hydrogen-bond acceptors (Lipinski definition) is 4. The monoisotopic (exact) mass is 245 g/mol. The van der Waals surface area contributed by atoms with Crippen LogP contribution in [0.3, 0.4) is 0 Å². The molecule has 2 aromatic rings. The van der Waals surface area contributed by atoms with Crippen LogP contribution in [0.2, 0.25) is 5.15 Å². The summed E-state index contributed by atoms with van der Waals surface area (Å²) < 4.78 is 5.43. The zero-order valence-corrected chi connectivity index (χ0v) is 9.66. The molecule has 0 N–H and O–H groups in total. The van der Waals surface area contributed by atoms with Crippen LogP contribution in [0.15, 0.2) is 22.9 Å². The Kier molecular flexibility index (Phi) is 3.39. The smallest absolute Gasteiger partial charge is 0.274 e. The summed E-state index contributed by atoms with van der Waals surface area (Å²) in [4.78, 5) is 5.32. The van der Waals surface area contributed by atoms with Gasteiger partial charge in [-0.25, -0.2) is 0 Å². The quantitative estimate of drug-likeness (QED) is 0.823. The topological polar surface area (TPSA) is 22.1 Å². The first kappa shape index (κ1) is 9.96. The summed E-state index contributed by atoms with van der Waals surface area (Å²) in [6.07, 6.45) is 0.925. The molecule has 0 fully saturated rings. The summed E-state index contributed by atoms with van der Waals surface area (Å²) in [6.45, 7) is 0.657. The van der Waals surface area contributed by atoms with E-state index in [1.54, 1.807) is 16.7 Å². The Morgan fingerprint density at radius 1 is 1.43 bits per heavy atom. The Labute approximate surface area is 95.1 Å². The fourth-order valence-electron chi connectivity index (χ4n) is 0.999. The molecular weight excluding hydrogens is 238 g/mol. The zero-order valence-electron chi connectivity index (χ0n) is 7.27. The predicted molar refractivity (Wildman–Crippen MR) is 60.6 cm³/mol. The number of ether oxygens (including phenoxy) is 1. The van der Waals surface area contributed by atoms with Crippen molar-refractivity contribution in [3.8, 4) is 5.19 Å². The Bertz CT molecular complexity index is 385. The molecule has 0 atom stereocenters. The van der Waals surface area contributed by atoms with Gasteiger partial charge >= 0.3 is 0 Å². The molecule has 14 heavy (non-hydrogen) atoms. The van der Waals surface area contributed by atoms with Gasteiger partial charge in [0.15, 0.2) is 0 Å². The lowest BCUT2D eigenvalue weighted by atomic mass is 10.4. The van der Waals surface area contributed by atoms with Crippen molar-refractivity contribution in [1.29, 1.82) is 0 Å². The summed E-state index contributed by atoms with van der Waals surface area (Å²) >= 11 is 8.83. The maximum absolute atomic E-state index is 5.66. The van der Waals surface area contributed by atoms with E-state index in [0.717, 1.165) is 6.42 Å². The molecule has 0 saturated carbocycles. The molecule has 2 heterocycles. The van der Waals surface area contributed by atoms with Crippen molar-refractivity contribution in [2.45, 2.75) is 6.42 Å². The Balaban J connectivity index is 1.78. The van der Waals surface area contributed by atoms with E-state index in [9.17, 15) is 0 Å². The molecule has 0 bridgehead atoms. The van der Waals surface area contributed by atoms with Crippen LogP contribution in [0.25, 0.3) is 0 Å². The van der Waals surface area contributed by atoms with Crippen LogP contribution < -0.4 is 4.74 Å². The summed E-state index contributed by atoms with van der Waals surface area (Å²) in [6, 6.07) is 4.14. The minimum absolute atomic E-state index is 0.501. The molecule has 0 aliphatic carbocycles. The summed E-state index contributed by atoms with van der Waals surface area (Å²) in [7, 11) is 0. The molecule has 74 valence electrons. The highest BCUT2D eigenvalue weighted by Gasteiger charge is 2.00. The van der Waals surface area contributed by atoms with Crippen LogP contribution in [-0.2, 0) is 6.42 Å². The molecule has 0 aromatic carbocycles. The standard InChI is InChI=1S/C9H8ClNOS2/c10-8-6-14-9(11-8)12-4-3-7-2-1-5-13-7/h1-2,5-6H,3-4H2. The van der Waals surface area contributed by atoms with E-state index in [2.05, 4.69) is 16.4 Å². The van der Waals surface area contributed by atoms with Gasteiger partial charge in [-0.3, -0.25) is 0 Å². The van der Waals surface area contributed by atoms with Crippen molar-refractivity contribution in [2.75, 3.05) is 6.61 Å². The minimum Gasteiger partial charge on any atom is -0.470 e. The van der Waals surface area contributed by atoms with Crippen molar-refractivity contribution in [3.63, 3.8) is 0 Å². The SMILES string of the molecule is Clc1csc(OCCc2cccs2)n1. The van der Waals surface area contributed by atoms with Gasteiger partial charge in [0, 0.05) is 16.7 Å². The first-order valence-electron chi connectivity index (χ1n) is 4.11.